The minimum Gasteiger partial charge on any atom is -0.392 e. The number of aliphatic hydroxyl groups excluding tert-OH is 1. The summed E-state index contributed by atoms with van der Waals surface area (Å²) in [5, 5.41) is 9.23. The Kier molecular flexibility index (Phi) is 3.19. The minimum atomic E-state index is 0.0756. The maximum atomic E-state index is 9.23. The highest BCUT2D eigenvalue weighted by atomic mass is 79.9. The Balaban J connectivity index is 2.49. The van der Waals surface area contributed by atoms with Crippen LogP contribution in [0.25, 0.3) is 11.1 Å². The van der Waals surface area contributed by atoms with Crippen LogP contribution >= 0.6 is 15.9 Å². The van der Waals surface area contributed by atoms with Gasteiger partial charge in [0.25, 0.3) is 0 Å². The van der Waals surface area contributed by atoms with Crippen LogP contribution in [0.1, 0.15) is 5.56 Å². The largest absolute Gasteiger partial charge is 0.392 e. The van der Waals surface area contributed by atoms with E-state index in [1.807, 2.05) is 48.5 Å². The van der Waals surface area contributed by atoms with E-state index in [2.05, 4.69) is 15.9 Å². The molecule has 0 spiro atoms. The van der Waals surface area contributed by atoms with Gasteiger partial charge in [0.05, 0.1) is 6.61 Å². The summed E-state index contributed by atoms with van der Waals surface area (Å²) < 4.78 is 1.06. The second-order valence-corrected chi connectivity index (χ2v) is 4.24. The maximum absolute atomic E-state index is 9.23. The zero-order valence-corrected chi connectivity index (χ0v) is 9.74. The van der Waals surface area contributed by atoms with Crippen LogP contribution in [0.15, 0.2) is 53.0 Å². The van der Waals surface area contributed by atoms with E-state index in [1.165, 1.54) is 0 Å². The van der Waals surface area contributed by atoms with Gasteiger partial charge in [-0.25, -0.2) is 0 Å². The molecular weight excluding hydrogens is 252 g/mol. The first-order valence-corrected chi connectivity index (χ1v) is 5.55. The highest BCUT2D eigenvalue weighted by molar-refractivity contribution is 9.10. The fourth-order valence-corrected chi connectivity index (χ4v) is 1.83. The smallest absolute Gasteiger partial charge is 0.0687 e. The molecule has 0 aliphatic carbocycles. The van der Waals surface area contributed by atoms with Gasteiger partial charge in [-0.2, -0.15) is 0 Å². The molecule has 0 amide bonds. The van der Waals surface area contributed by atoms with E-state index in [9.17, 15) is 5.11 Å². The van der Waals surface area contributed by atoms with Crippen molar-refractivity contribution < 1.29 is 5.11 Å². The van der Waals surface area contributed by atoms with Crippen LogP contribution in [0.2, 0.25) is 0 Å². The molecule has 76 valence electrons. The van der Waals surface area contributed by atoms with Gasteiger partial charge in [0.2, 0.25) is 0 Å². The SMILES string of the molecule is OCc1ccccc1-c1ccc(Br)cc1. The molecule has 1 N–H and O–H groups in total. The normalized spacial score (nSPS) is 10.3. The number of halogens is 1. The zero-order valence-electron chi connectivity index (χ0n) is 8.15. The number of hydrogen-bond donors (Lipinski definition) is 1. The van der Waals surface area contributed by atoms with Gasteiger partial charge in [-0.3, -0.25) is 0 Å². The summed E-state index contributed by atoms with van der Waals surface area (Å²) in [4.78, 5) is 0. The summed E-state index contributed by atoms with van der Waals surface area (Å²) in [7, 11) is 0. The molecule has 2 rings (SSSR count). The quantitative estimate of drug-likeness (QED) is 0.877. The molecule has 1 nitrogen and oxygen atoms in total. The van der Waals surface area contributed by atoms with Crippen LogP contribution in [0.5, 0.6) is 0 Å². The van der Waals surface area contributed by atoms with E-state index in [0.717, 1.165) is 21.2 Å². The van der Waals surface area contributed by atoms with Gasteiger partial charge < -0.3 is 5.11 Å². The summed E-state index contributed by atoms with van der Waals surface area (Å²) in [5.41, 5.74) is 3.18. The van der Waals surface area contributed by atoms with Gasteiger partial charge in [-0.05, 0) is 28.8 Å². The second-order valence-electron chi connectivity index (χ2n) is 3.32. The third-order valence-corrected chi connectivity index (χ3v) is 2.87. The molecule has 15 heavy (non-hydrogen) atoms. The topological polar surface area (TPSA) is 20.2 Å². The molecule has 0 saturated carbocycles. The predicted molar refractivity (Wildman–Crippen MR) is 65.5 cm³/mol. The van der Waals surface area contributed by atoms with Crippen molar-refractivity contribution in [1.29, 1.82) is 0 Å². The average molecular weight is 263 g/mol. The van der Waals surface area contributed by atoms with E-state index >= 15 is 0 Å². The number of benzene rings is 2. The van der Waals surface area contributed by atoms with Crippen molar-refractivity contribution >= 4 is 15.9 Å². The molecule has 0 aliphatic rings. The zero-order chi connectivity index (χ0) is 10.7. The Morgan fingerprint density at radius 3 is 2.27 bits per heavy atom. The van der Waals surface area contributed by atoms with Gasteiger partial charge in [0.15, 0.2) is 0 Å². The van der Waals surface area contributed by atoms with Crippen molar-refractivity contribution in [3.8, 4) is 11.1 Å². The molecule has 0 saturated heterocycles. The fraction of sp³-hybridized carbons (Fsp3) is 0.0769. The van der Waals surface area contributed by atoms with Crippen LogP contribution in [-0.4, -0.2) is 5.11 Å². The van der Waals surface area contributed by atoms with E-state index in [4.69, 9.17) is 0 Å². The molecule has 0 aromatic heterocycles. The molecule has 2 heteroatoms. The number of rotatable bonds is 2. The lowest BCUT2D eigenvalue weighted by Crippen LogP contribution is -1.88. The molecule has 2 aromatic carbocycles. The summed E-state index contributed by atoms with van der Waals surface area (Å²) in [6, 6.07) is 16.0. The average Bonchev–Trinajstić information content (AvgIpc) is 2.30. The molecular formula is C13H11BrO. The van der Waals surface area contributed by atoms with Gasteiger partial charge in [-0.1, -0.05) is 52.3 Å². The molecule has 0 heterocycles. The molecule has 0 atom stereocenters. The van der Waals surface area contributed by atoms with Gasteiger partial charge in [-0.15, -0.1) is 0 Å². The molecule has 0 unspecified atom stereocenters. The predicted octanol–water partition coefficient (Wildman–Crippen LogP) is 3.61. The summed E-state index contributed by atoms with van der Waals surface area (Å²) in [6.45, 7) is 0.0756. The van der Waals surface area contributed by atoms with Crippen molar-refractivity contribution in [3.63, 3.8) is 0 Å². The lowest BCUT2D eigenvalue weighted by molar-refractivity contribution is 0.282. The standard InChI is InChI=1S/C13H11BrO/c14-12-7-5-10(6-8-12)13-4-2-1-3-11(13)9-15/h1-8,15H,9H2. The lowest BCUT2D eigenvalue weighted by atomic mass is 10.0. The first-order chi connectivity index (χ1) is 7.31. The van der Waals surface area contributed by atoms with Crippen molar-refractivity contribution in [3.05, 3.63) is 58.6 Å². The number of aliphatic hydroxyl groups is 1. The van der Waals surface area contributed by atoms with Crippen LogP contribution in [0.4, 0.5) is 0 Å². The molecule has 0 fully saturated rings. The number of hydrogen-bond acceptors (Lipinski definition) is 1. The third kappa shape index (κ3) is 2.28. The molecule has 0 aliphatic heterocycles. The molecule has 2 aromatic rings. The molecule has 0 radical (unpaired) electrons. The minimum absolute atomic E-state index is 0.0756. The van der Waals surface area contributed by atoms with Gasteiger partial charge >= 0.3 is 0 Å². The van der Waals surface area contributed by atoms with Gasteiger partial charge in [0, 0.05) is 4.47 Å². The van der Waals surface area contributed by atoms with Crippen molar-refractivity contribution in [2.45, 2.75) is 6.61 Å². The van der Waals surface area contributed by atoms with Crippen LogP contribution in [-0.2, 0) is 6.61 Å². The lowest BCUT2D eigenvalue weighted by Gasteiger charge is -2.07. The monoisotopic (exact) mass is 262 g/mol. The van der Waals surface area contributed by atoms with E-state index in [1.54, 1.807) is 0 Å². The summed E-state index contributed by atoms with van der Waals surface area (Å²) in [6.07, 6.45) is 0. The Labute approximate surface area is 97.5 Å². The fourth-order valence-electron chi connectivity index (χ4n) is 1.57. The molecule has 0 bridgehead atoms. The first-order valence-electron chi connectivity index (χ1n) is 4.76. The Hall–Kier alpha value is -1.12. The Bertz CT molecular complexity index is 448. The van der Waals surface area contributed by atoms with Crippen LogP contribution < -0.4 is 0 Å². The van der Waals surface area contributed by atoms with Gasteiger partial charge in [0.1, 0.15) is 0 Å². The van der Waals surface area contributed by atoms with E-state index in [0.29, 0.717) is 0 Å². The van der Waals surface area contributed by atoms with Crippen molar-refractivity contribution in [2.75, 3.05) is 0 Å². The van der Waals surface area contributed by atoms with Crippen LogP contribution in [0, 0.1) is 0 Å². The summed E-state index contributed by atoms with van der Waals surface area (Å²) >= 11 is 3.40. The first kappa shape index (κ1) is 10.4. The van der Waals surface area contributed by atoms with E-state index < -0.39 is 0 Å². The Morgan fingerprint density at radius 1 is 0.933 bits per heavy atom. The van der Waals surface area contributed by atoms with Crippen LogP contribution in [0.3, 0.4) is 0 Å². The third-order valence-electron chi connectivity index (χ3n) is 2.34. The maximum Gasteiger partial charge on any atom is 0.0687 e. The van der Waals surface area contributed by atoms with E-state index in [-0.39, 0.29) is 6.61 Å². The highest BCUT2D eigenvalue weighted by Gasteiger charge is 2.02. The Morgan fingerprint density at radius 2 is 1.60 bits per heavy atom. The summed E-state index contributed by atoms with van der Waals surface area (Å²) in [5.74, 6) is 0. The van der Waals surface area contributed by atoms with Crippen molar-refractivity contribution in [2.24, 2.45) is 0 Å². The highest BCUT2D eigenvalue weighted by Crippen LogP contribution is 2.25. The van der Waals surface area contributed by atoms with Crippen molar-refractivity contribution in [1.82, 2.24) is 0 Å². The second kappa shape index (κ2) is 4.60.